The molecule has 1 unspecified atom stereocenters. The summed E-state index contributed by atoms with van der Waals surface area (Å²) in [6, 6.07) is 20.4. The molecule has 27 heavy (non-hydrogen) atoms. The van der Waals surface area contributed by atoms with Gasteiger partial charge in [0.1, 0.15) is 5.75 Å². The summed E-state index contributed by atoms with van der Waals surface area (Å²) < 4.78 is 10.9. The Balaban J connectivity index is 0.00000210. The van der Waals surface area contributed by atoms with Crippen LogP contribution in [0.3, 0.4) is 0 Å². The van der Waals surface area contributed by atoms with Crippen LogP contribution in [0, 0.1) is 0 Å². The summed E-state index contributed by atoms with van der Waals surface area (Å²) in [5, 5.41) is 13.1. The van der Waals surface area contributed by atoms with Gasteiger partial charge < -0.3 is 14.6 Å². The Bertz CT molecular complexity index is 928. The van der Waals surface area contributed by atoms with Crippen molar-refractivity contribution in [2.45, 2.75) is 5.79 Å². The Morgan fingerprint density at radius 2 is 1.63 bits per heavy atom. The topological polar surface area (TPSA) is 41.9 Å². The Kier molecular flexibility index (Phi) is 5.86. The summed E-state index contributed by atoms with van der Waals surface area (Å²) in [4.78, 5) is 2.08. The molecule has 0 spiro atoms. The summed E-state index contributed by atoms with van der Waals surface area (Å²) >= 11 is 0. The molecule has 0 aliphatic carbocycles. The molecule has 1 heterocycles. The van der Waals surface area contributed by atoms with Gasteiger partial charge in [-0.1, -0.05) is 42.5 Å². The fourth-order valence-corrected chi connectivity index (χ4v) is 3.49. The molecule has 3 aromatic rings. The Hall–Kier alpha value is -1.92. The Morgan fingerprint density at radius 3 is 2.33 bits per heavy atom. The van der Waals surface area contributed by atoms with Crippen LogP contribution in [-0.4, -0.2) is 43.9 Å². The highest BCUT2D eigenvalue weighted by Crippen LogP contribution is 2.31. The number of β-amino-alcohol motifs (C(OH)–C–C–N with tert-alkyl or cyclic N) is 1. The number of hydrogen-bond donors (Lipinski definition) is 1. The van der Waals surface area contributed by atoms with Gasteiger partial charge in [0.25, 0.3) is 0 Å². The summed E-state index contributed by atoms with van der Waals surface area (Å²) in [7, 11) is 3.67. The largest absolute Gasteiger partial charge is 0.497 e. The number of methoxy groups -OCH3 is 1. The number of rotatable bonds is 3. The van der Waals surface area contributed by atoms with Gasteiger partial charge in [-0.15, -0.1) is 17.0 Å². The van der Waals surface area contributed by atoms with E-state index in [1.807, 2.05) is 43.4 Å². The van der Waals surface area contributed by atoms with Gasteiger partial charge in [0.05, 0.1) is 20.3 Å². The van der Waals surface area contributed by atoms with Crippen molar-refractivity contribution in [3.63, 3.8) is 0 Å². The van der Waals surface area contributed by atoms with Crippen LogP contribution in [0.2, 0.25) is 0 Å². The molecule has 1 aliphatic rings. The second kappa shape index (κ2) is 7.98. The van der Waals surface area contributed by atoms with E-state index in [0.717, 1.165) is 34.4 Å². The fourth-order valence-electron chi connectivity index (χ4n) is 3.49. The molecule has 1 N–H and O–H groups in total. The number of halogens is 1. The predicted octanol–water partition coefficient (Wildman–Crippen LogP) is 4.20. The highest BCUT2D eigenvalue weighted by molar-refractivity contribution is 8.93. The zero-order chi connectivity index (χ0) is 18.1. The van der Waals surface area contributed by atoms with Crippen molar-refractivity contribution >= 4 is 27.8 Å². The molecule has 0 bridgehead atoms. The van der Waals surface area contributed by atoms with Gasteiger partial charge in [-0.05, 0) is 47.1 Å². The number of ether oxygens (including phenoxy) is 2. The summed E-state index contributed by atoms with van der Waals surface area (Å²) in [5.41, 5.74) is 3.04. The van der Waals surface area contributed by atoms with E-state index in [9.17, 15) is 5.11 Å². The minimum absolute atomic E-state index is 0. The van der Waals surface area contributed by atoms with Crippen molar-refractivity contribution in [3.05, 3.63) is 66.2 Å². The first-order valence-electron chi connectivity index (χ1n) is 8.81. The maximum Gasteiger partial charge on any atom is 0.205 e. The number of morpholine rings is 1. The van der Waals surface area contributed by atoms with Crippen LogP contribution in [0.4, 0.5) is 0 Å². The second-order valence-electron chi connectivity index (χ2n) is 6.88. The lowest BCUT2D eigenvalue weighted by molar-refractivity contribution is -0.245. The van der Waals surface area contributed by atoms with Gasteiger partial charge in [-0.2, -0.15) is 0 Å². The number of likely N-dealkylation sites (N-methyl/N-ethyl adjacent to an activating group) is 1. The molecule has 0 aromatic heterocycles. The molecule has 1 saturated heterocycles. The van der Waals surface area contributed by atoms with Crippen molar-refractivity contribution < 1.29 is 14.6 Å². The fraction of sp³-hybridized carbons (Fsp3) is 0.273. The number of benzene rings is 3. The monoisotopic (exact) mass is 429 g/mol. The minimum Gasteiger partial charge on any atom is -0.497 e. The summed E-state index contributed by atoms with van der Waals surface area (Å²) in [6.07, 6.45) is 0. The van der Waals surface area contributed by atoms with Gasteiger partial charge in [0, 0.05) is 12.1 Å². The molecule has 0 amide bonds. The van der Waals surface area contributed by atoms with Gasteiger partial charge >= 0.3 is 0 Å². The molecule has 4 nitrogen and oxygen atoms in total. The Labute approximate surface area is 170 Å². The first kappa shape index (κ1) is 19.8. The highest BCUT2D eigenvalue weighted by atomic mass is 79.9. The van der Waals surface area contributed by atoms with E-state index in [1.54, 1.807) is 7.11 Å². The van der Waals surface area contributed by atoms with E-state index >= 15 is 0 Å². The third kappa shape index (κ3) is 4.01. The molecule has 0 saturated carbocycles. The number of hydrogen-bond acceptors (Lipinski definition) is 4. The van der Waals surface area contributed by atoms with Crippen LogP contribution in [0.15, 0.2) is 60.7 Å². The lowest BCUT2D eigenvalue weighted by atomic mass is 9.97. The standard InChI is InChI=1S/C22H23NO3.BrH/c1-23-11-12-26-22(24,15-23)20-8-5-16(6-9-20)17-3-4-19-14-21(25-2)10-7-18(19)13-17;/h3-10,13-14,24H,11-12,15H2,1-2H3;1H. The van der Waals surface area contributed by atoms with E-state index in [-0.39, 0.29) is 17.0 Å². The van der Waals surface area contributed by atoms with Crippen molar-refractivity contribution in [3.8, 4) is 16.9 Å². The summed E-state index contributed by atoms with van der Waals surface area (Å²) in [6.45, 7) is 1.84. The van der Waals surface area contributed by atoms with Gasteiger partial charge in [0.2, 0.25) is 5.79 Å². The Morgan fingerprint density at radius 1 is 0.963 bits per heavy atom. The molecule has 1 atom stereocenters. The average molecular weight is 430 g/mol. The zero-order valence-electron chi connectivity index (χ0n) is 15.5. The summed E-state index contributed by atoms with van der Waals surface area (Å²) in [5.74, 6) is -0.369. The average Bonchev–Trinajstić information content (AvgIpc) is 2.67. The van der Waals surface area contributed by atoms with Crippen LogP contribution >= 0.6 is 17.0 Å². The van der Waals surface area contributed by atoms with Crippen LogP contribution in [0.25, 0.3) is 21.9 Å². The zero-order valence-corrected chi connectivity index (χ0v) is 17.2. The minimum atomic E-state index is -1.23. The van der Waals surface area contributed by atoms with Crippen molar-refractivity contribution in [2.75, 3.05) is 33.9 Å². The molecule has 0 radical (unpaired) electrons. The molecular formula is C22H24BrNO3. The normalized spacial score (nSPS) is 20.3. The third-order valence-corrected chi connectivity index (χ3v) is 5.01. The van der Waals surface area contributed by atoms with Crippen LogP contribution in [0.5, 0.6) is 5.75 Å². The van der Waals surface area contributed by atoms with Gasteiger partial charge in [-0.25, -0.2) is 0 Å². The number of aliphatic hydroxyl groups is 1. The van der Waals surface area contributed by atoms with E-state index in [0.29, 0.717) is 13.2 Å². The number of fused-ring (bicyclic) bond motifs is 1. The molecule has 1 fully saturated rings. The molecule has 5 heteroatoms. The van der Waals surface area contributed by atoms with Crippen molar-refractivity contribution in [1.82, 2.24) is 4.90 Å². The maximum absolute atomic E-state index is 10.8. The van der Waals surface area contributed by atoms with Crippen LogP contribution in [-0.2, 0) is 10.5 Å². The molecule has 3 aromatic carbocycles. The van der Waals surface area contributed by atoms with E-state index < -0.39 is 5.79 Å². The third-order valence-electron chi connectivity index (χ3n) is 5.01. The van der Waals surface area contributed by atoms with Gasteiger partial charge in [0.15, 0.2) is 0 Å². The second-order valence-corrected chi connectivity index (χ2v) is 6.88. The first-order chi connectivity index (χ1) is 12.6. The van der Waals surface area contributed by atoms with E-state index in [4.69, 9.17) is 9.47 Å². The maximum atomic E-state index is 10.8. The molecule has 142 valence electrons. The molecular weight excluding hydrogens is 406 g/mol. The van der Waals surface area contributed by atoms with Crippen LogP contribution < -0.4 is 4.74 Å². The van der Waals surface area contributed by atoms with E-state index in [1.165, 1.54) is 5.39 Å². The first-order valence-corrected chi connectivity index (χ1v) is 8.81. The SMILES string of the molecule is Br.COc1ccc2cc(-c3ccc(C4(O)CN(C)CCO4)cc3)ccc2c1. The van der Waals surface area contributed by atoms with Crippen LogP contribution in [0.1, 0.15) is 5.56 Å². The number of nitrogens with zero attached hydrogens (tertiary/aromatic N) is 1. The van der Waals surface area contributed by atoms with Gasteiger partial charge in [-0.3, -0.25) is 4.90 Å². The molecule has 4 rings (SSSR count). The van der Waals surface area contributed by atoms with Crippen molar-refractivity contribution in [1.29, 1.82) is 0 Å². The molecule has 1 aliphatic heterocycles. The predicted molar refractivity (Wildman–Crippen MR) is 114 cm³/mol. The van der Waals surface area contributed by atoms with E-state index in [2.05, 4.69) is 29.2 Å². The quantitative estimate of drug-likeness (QED) is 0.677. The lowest BCUT2D eigenvalue weighted by Crippen LogP contribution is -2.48. The van der Waals surface area contributed by atoms with Crippen molar-refractivity contribution in [2.24, 2.45) is 0 Å². The smallest absolute Gasteiger partial charge is 0.205 e. The highest BCUT2D eigenvalue weighted by Gasteiger charge is 2.34. The lowest BCUT2D eigenvalue weighted by Gasteiger charge is -2.37.